The number of anilines is 2. The molecule has 2 aromatic carbocycles. The average molecular weight is 360 g/mol. The largest absolute Gasteiger partial charge is 0.396 e. The molecule has 3 N–H and O–H groups in total. The van der Waals surface area contributed by atoms with Gasteiger partial charge in [0.25, 0.3) is 0 Å². The van der Waals surface area contributed by atoms with Crippen molar-refractivity contribution in [2.75, 3.05) is 30.7 Å². The van der Waals surface area contributed by atoms with Gasteiger partial charge in [-0.1, -0.05) is 42.5 Å². The topological polar surface area (TPSA) is 71.2 Å². The highest BCUT2D eigenvalue weighted by Crippen LogP contribution is 2.27. The number of likely N-dealkylation sites (tertiary alicyclic amines) is 1. The van der Waals surface area contributed by atoms with Crippen LogP contribution in [0, 0.1) is 0 Å². The summed E-state index contributed by atoms with van der Waals surface area (Å²) in [6, 6.07) is 18.5. The average Bonchev–Trinajstić information content (AvgIpc) is 3.10. The number of carbonyl (C=O) groups excluding carboxylic acids is 1. The van der Waals surface area contributed by atoms with Crippen molar-refractivity contribution in [2.45, 2.75) is 19.3 Å². The summed E-state index contributed by atoms with van der Waals surface area (Å²) in [6.45, 7) is 2.42. The number of fused-ring (bicyclic) bond motifs is 1. The number of hydrogen-bond acceptors (Lipinski definition) is 4. The molecule has 0 spiro atoms. The van der Waals surface area contributed by atoms with Gasteiger partial charge in [0.05, 0.1) is 11.2 Å². The zero-order valence-corrected chi connectivity index (χ0v) is 15.3. The van der Waals surface area contributed by atoms with E-state index in [4.69, 9.17) is 10.7 Å². The van der Waals surface area contributed by atoms with E-state index < -0.39 is 0 Å². The maximum absolute atomic E-state index is 11.7. The van der Waals surface area contributed by atoms with E-state index in [1.807, 2.05) is 29.2 Å². The van der Waals surface area contributed by atoms with Crippen LogP contribution in [0.4, 0.5) is 11.5 Å². The molecule has 1 fully saturated rings. The van der Waals surface area contributed by atoms with E-state index in [0.717, 1.165) is 48.9 Å². The molecule has 0 saturated carbocycles. The number of amides is 1. The van der Waals surface area contributed by atoms with Crippen LogP contribution >= 0.6 is 0 Å². The zero-order valence-electron chi connectivity index (χ0n) is 15.3. The smallest absolute Gasteiger partial charge is 0.222 e. The van der Waals surface area contributed by atoms with Crippen molar-refractivity contribution >= 4 is 28.3 Å². The predicted molar refractivity (Wildman–Crippen MR) is 111 cm³/mol. The molecule has 0 bridgehead atoms. The number of carbonyl (C=O) groups is 1. The first-order valence-electron chi connectivity index (χ1n) is 9.48. The number of rotatable bonds is 6. The van der Waals surface area contributed by atoms with Crippen LogP contribution in [0.25, 0.3) is 22.0 Å². The Hall–Kier alpha value is -3.08. The Labute approximate surface area is 159 Å². The highest BCUT2D eigenvalue weighted by Gasteiger charge is 2.19. The second-order valence-corrected chi connectivity index (χ2v) is 6.96. The summed E-state index contributed by atoms with van der Waals surface area (Å²) in [7, 11) is 0. The van der Waals surface area contributed by atoms with Crippen LogP contribution in [-0.4, -0.2) is 35.4 Å². The molecule has 1 aliphatic rings. The van der Waals surface area contributed by atoms with Crippen LogP contribution < -0.4 is 11.1 Å². The van der Waals surface area contributed by atoms with Gasteiger partial charge in [0.2, 0.25) is 5.91 Å². The predicted octanol–water partition coefficient (Wildman–Crippen LogP) is 3.91. The lowest BCUT2D eigenvalue weighted by Crippen LogP contribution is -2.27. The van der Waals surface area contributed by atoms with Crippen molar-refractivity contribution in [3.8, 4) is 11.1 Å². The van der Waals surface area contributed by atoms with E-state index in [1.54, 1.807) is 0 Å². The SMILES string of the molecule is Nc1cc2ccc(-c3ccccc3)cc2nc1NCCCN1CCCC1=O. The number of nitrogens with one attached hydrogen (secondary N) is 1. The molecule has 0 atom stereocenters. The Balaban J connectivity index is 1.47. The second kappa shape index (κ2) is 7.66. The molecule has 3 aromatic rings. The van der Waals surface area contributed by atoms with E-state index in [2.05, 4.69) is 35.6 Å². The maximum atomic E-state index is 11.7. The first kappa shape index (κ1) is 17.3. The van der Waals surface area contributed by atoms with Gasteiger partial charge in [-0.25, -0.2) is 4.98 Å². The molecule has 5 nitrogen and oxygen atoms in total. The number of aromatic nitrogens is 1. The standard InChI is InChI=1S/C22H24N4O/c23-19-14-18-10-9-17(16-6-2-1-3-7-16)15-20(18)25-22(19)24-11-5-13-26-12-4-8-21(26)27/h1-3,6-7,9-10,14-15H,4-5,8,11-13,23H2,(H,24,25). The highest BCUT2D eigenvalue weighted by molar-refractivity contribution is 5.89. The first-order chi connectivity index (χ1) is 13.2. The second-order valence-electron chi connectivity index (χ2n) is 6.96. The van der Waals surface area contributed by atoms with Gasteiger partial charge in [-0.3, -0.25) is 4.79 Å². The number of nitrogens with two attached hydrogens (primary N) is 1. The fourth-order valence-corrected chi connectivity index (χ4v) is 3.55. The van der Waals surface area contributed by atoms with E-state index in [1.165, 1.54) is 5.56 Å². The van der Waals surface area contributed by atoms with E-state index >= 15 is 0 Å². The fourth-order valence-electron chi connectivity index (χ4n) is 3.55. The molecule has 27 heavy (non-hydrogen) atoms. The van der Waals surface area contributed by atoms with Gasteiger partial charge in [0, 0.05) is 31.4 Å². The molecule has 0 radical (unpaired) electrons. The van der Waals surface area contributed by atoms with Crippen LogP contribution in [0.15, 0.2) is 54.6 Å². The summed E-state index contributed by atoms with van der Waals surface area (Å²) < 4.78 is 0. The third kappa shape index (κ3) is 3.87. The lowest BCUT2D eigenvalue weighted by atomic mass is 10.0. The minimum atomic E-state index is 0.270. The third-order valence-electron chi connectivity index (χ3n) is 5.02. The van der Waals surface area contributed by atoms with Crippen molar-refractivity contribution in [3.63, 3.8) is 0 Å². The minimum Gasteiger partial charge on any atom is -0.396 e. The van der Waals surface area contributed by atoms with Gasteiger partial charge in [-0.2, -0.15) is 0 Å². The Morgan fingerprint density at radius 3 is 2.70 bits per heavy atom. The Morgan fingerprint density at radius 1 is 1.07 bits per heavy atom. The number of nitrogens with zero attached hydrogens (tertiary/aromatic N) is 2. The Bertz CT molecular complexity index is 955. The molecule has 5 heteroatoms. The number of benzene rings is 2. The van der Waals surface area contributed by atoms with Crippen molar-refractivity contribution in [3.05, 3.63) is 54.6 Å². The van der Waals surface area contributed by atoms with Gasteiger partial charge < -0.3 is 16.0 Å². The van der Waals surface area contributed by atoms with Crippen LogP contribution in [-0.2, 0) is 4.79 Å². The van der Waals surface area contributed by atoms with Crippen LogP contribution in [0.5, 0.6) is 0 Å². The summed E-state index contributed by atoms with van der Waals surface area (Å²) in [4.78, 5) is 18.3. The molecule has 1 saturated heterocycles. The van der Waals surface area contributed by atoms with Gasteiger partial charge in [0.1, 0.15) is 5.82 Å². The van der Waals surface area contributed by atoms with E-state index in [-0.39, 0.29) is 5.91 Å². The van der Waals surface area contributed by atoms with E-state index in [0.29, 0.717) is 17.9 Å². The summed E-state index contributed by atoms with van der Waals surface area (Å²) in [5.41, 5.74) is 10.0. The Kier molecular flexibility index (Phi) is 4.92. The van der Waals surface area contributed by atoms with Gasteiger partial charge >= 0.3 is 0 Å². The lowest BCUT2D eigenvalue weighted by Gasteiger charge is -2.16. The van der Waals surface area contributed by atoms with Gasteiger partial charge in [-0.15, -0.1) is 0 Å². The molecular formula is C22H24N4O. The number of nitrogen functional groups attached to an aromatic ring is 1. The summed E-state index contributed by atoms with van der Waals surface area (Å²) >= 11 is 0. The van der Waals surface area contributed by atoms with Crippen LogP contribution in [0.1, 0.15) is 19.3 Å². The maximum Gasteiger partial charge on any atom is 0.222 e. The lowest BCUT2D eigenvalue weighted by molar-refractivity contribution is -0.127. The zero-order chi connectivity index (χ0) is 18.6. The van der Waals surface area contributed by atoms with Crippen molar-refractivity contribution in [2.24, 2.45) is 0 Å². The number of pyridine rings is 1. The van der Waals surface area contributed by atoms with Crippen LogP contribution in [0.3, 0.4) is 0 Å². The molecular weight excluding hydrogens is 336 g/mol. The van der Waals surface area contributed by atoms with Crippen molar-refractivity contribution < 1.29 is 4.79 Å². The molecule has 4 rings (SSSR count). The van der Waals surface area contributed by atoms with Crippen molar-refractivity contribution in [1.29, 1.82) is 0 Å². The third-order valence-corrected chi connectivity index (χ3v) is 5.02. The number of hydrogen-bond donors (Lipinski definition) is 2. The molecule has 0 unspecified atom stereocenters. The van der Waals surface area contributed by atoms with E-state index in [9.17, 15) is 4.79 Å². The quantitative estimate of drug-likeness (QED) is 0.654. The molecule has 138 valence electrons. The molecule has 0 aliphatic carbocycles. The Morgan fingerprint density at radius 2 is 1.93 bits per heavy atom. The fraction of sp³-hybridized carbons (Fsp3) is 0.273. The first-order valence-corrected chi connectivity index (χ1v) is 9.48. The van der Waals surface area contributed by atoms with Gasteiger partial charge in [0.15, 0.2) is 0 Å². The molecule has 1 aromatic heterocycles. The monoisotopic (exact) mass is 360 g/mol. The summed E-state index contributed by atoms with van der Waals surface area (Å²) in [5.74, 6) is 0.979. The normalized spacial score (nSPS) is 14.1. The van der Waals surface area contributed by atoms with Crippen LogP contribution in [0.2, 0.25) is 0 Å². The van der Waals surface area contributed by atoms with Gasteiger partial charge in [-0.05, 0) is 36.1 Å². The van der Waals surface area contributed by atoms with Crippen molar-refractivity contribution in [1.82, 2.24) is 9.88 Å². The molecule has 1 amide bonds. The summed E-state index contributed by atoms with van der Waals surface area (Å²) in [5, 5.41) is 4.36. The summed E-state index contributed by atoms with van der Waals surface area (Å²) in [6.07, 6.45) is 2.56. The minimum absolute atomic E-state index is 0.270. The molecule has 1 aliphatic heterocycles. The highest BCUT2D eigenvalue weighted by atomic mass is 16.2. The molecule has 2 heterocycles.